The molecule has 0 saturated heterocycles. The third-order valence-corrected chi connectivity index (χ3v) is 6.37. The summed E-state index contributed by atoms with van der Waals surface area (Å²) in [5, 5.41) is 16.0. The quantitative estimate of drug-likeness (QED) is 0.285. The van der Waals surface area contributed by atoms with Gasteiger partial charge < -0.3 is 26.0 Å². The number of rotatable bonds is 9. The minimum atomic E-state index is -0.329. The van der Waals surface area contributed by atoms with Gasteiger partial charge in [0.2, 0.25) is 0 Å². The second-order valence-electron chi connectivity index (χ2n) is 9.59. The summed E-state index contributed by atoms with van der Waals surface area (Å²) in [6.07, 6.45) is 6.54. The lowest BCUT2D eigenvalue weighted by molar-refractivity contribution is -0.118. The number of anilines is 2. The summed E-state index contributed by atoms with van der Waals surface area (Å²) in [6.45, 7) is 0.530. The first kappa shape index (κ1) is 26.6. The van der Waals surface area contributed by atoms with Crippen LogP contribution in [-0.4, -0.2) is 53.5 Å². The highest BCUT2D eigenvalue weighted by Gasteiger charge is 2.26. The van der Waals surface area contributed by atoms with Crippen LogP contribution in [0.1, 0.15) is 25.7 Å². The van der Waals surface area contributed by atoms with Gasteiger partial charge in [0, 0.05) is 18.6 Å². The van der Waals surface area contributed by atoms with Gasteiger partial charge in [0.1, 0.15) is 41.1 Å². The molecule has 9 nitrogen and oxygen atoms in total. The fourth-order valence-electron chi connectivity index (χ4n) is 4.48. The Labute approximate surface area is 223 Å². The number of nitrogens with zero attached hydrogens (tertiary/aromatic N) is 4. The van der Waals surface area contributed by atoms with Crippen molar-refractivity contribution in [3.05, 3.63) is 72.6 Å². The SMILES string of the molecule is CN(C)CC=C(C#N)C(=O)NC1CCCC(Nc2ncnc(N)c2-c2ccc(Oc3ccccc3)cc2)C1. The Hall–Kier alpha value is -4.42. The molecule has 2 unspecified atom stereocenters. The Morgan fingerprint density at radius 2 is 1.82 bits per heavy atom. The molecule has 1 amide bonds. The molecule has 1 heterocycles. The van der Waals surface area contributed by atoms with Crippen LogP contribution in [0.25, 0.3) is 11.1 Å². The van der Waals surface area contributed by atoms with Crippen LogP contribution in [-0.2, 0) is 4.79 Å². The zero-order valence-corrected chi connectivity index (χ0v) is 21.7. The van der Waals surface area contributed by atoms with E-state index < -0.39 is 0 Å². The molecule has 0 spiro atoms. The highest BCUT2D eigenvalue weighted by molar-refractivity contribution is 5.97. The van der Waals surface area contributed by atoms with Gasteiger partial charge in [0.25, 0.3) is 5.91 Å². The first-order valence-electron chi connectivity index (χ1n) is 12.7. The lowest BCUT2D eigenvalue weighted by Gasteiger charge is -2.31. The predicted molar refractivity (Wildman–Crippen MR) is 148 cm³/mol. The normalized spacial score (nSPS) is 17.5. The van der Waals surface area contributed by atoms with Crippen LogP contribution in [0.4, 0.5) is 11.6 Å². The van der Waals surface area contributed by atoms with E-state index in [0.29, 0.717) is 30.4 Å². The molecule has 4 N–H and O–H groups in total. The van der Waals surface area contributed by atoms with E-state index in [0.717, 1.165) is 36.1 Å². The molecule has 1 aliphatic carbocycles. The maximum Gasteiger partial charge on any atom is 0.261 e. The summed E-state index contributed by atoms with van der Waals surface area (Å²) in [7, 11) is 3.78. The number of nitriles is 1. The van der Waals surface area contributed by atoms with Gasteiger partial charge in [-0.3, -0.25) is 4.79 Å². The minimum absolute atomic E-state index is 0.0399. The Bertz CT molecular complexity index is 1300. The third kappa shape index (κ3) is 7.08. The molecule has 1 saturated carbocycles. The lowest BCUT2D eigenvalue weighted by Crippen LogP contribution is -2.42. The summed E-state index contributed by atoms with van der Waals surface area (Å²) < 4.78 is 5.91. The number of amides is 1. The highest BCUT2D eigenvalue weighted by atomic mass is 16.5. The van der Waals surface area contributed by atoms with Crippen molar-refractivity contribution in [3.63, 3.8) is 0 Å². The molecule has 38 heavy (non-hydrogen) atoms. The fraction of sp³-hybridized carbons (Fsp3) is 0.310. The number of ether oxygens (including phenoxy) is 1. The fourth-order valence-corrected chi connectivity index (χ4v) is 4.48. The van der Waals surface area contributed by atoms with E-state index in [1.807, 2.05) is 79.7 Å². The predicted octanol–water partition coefficient (Wildman–Crippen LogP) is 4.37. The van der Waals surface area contributed by atoms with Gasteiger partial charge in [-0.2, -0.15) is 5.26 Å². The Balaban J connectivity index is 1.44. The number of nitrogens with one attached hydrogen (secondary N) is 2. The van der Waals surface area contributed by atoms with Gasteiger partial charge in [-0.15, -0.1) is 0 Å². The van der Waals surface area contributed by atoms with Crippen molar-refractivity contribution >= 4 is 17.5 Å². The smallest absolute Gasteiger partial charge is 0.261 e. The summed E-state index contributed by atoms with van der Waals surface area (Å²) in [4.78, 5) is 23.3. The summed E-state index contributed by atoms with van der Waals surface area (Å²) in [5.41, 5.74) is 8.03. The first-order valence-corrected chi connectivity index (χ1v) is 12.7. The topological polar surface area (TPSA) is 129 Å². The number of likely N-dealkylation sites (N-methyl/N-ethyl adjacent to an activating group) is 1. The van der Waals surface area contributed by atoms with E-state index in [-0.39, 0.29) is 23.6 Å². The number of carbonyl (C=O) groups is 1. The minimum Gasteiger partial charge on any atom is -0.457 e. The monoisotopic (exact) mass is 511 g/mol. The molecule has 1 aliphatic rings. The number of hydrogen-bond donors (Lipinski definition) is 3. The molecular weight excluding hydrogens is 478 g/mol. The molecule has 9 heteroatoms. The number of benzene rings is 2. The van der Waals surface area contributed by atoms with E-state index in [9.17, 15) is 10.1 Å². The molecule has 0 aliphatic heterocycles. The average molecular weight is 512 g/mol. The second kappa shape index (κ2) is 12.7. The van der Waals surface area contributed by atoms with Crippen LogP contribution < -0.4 is 21.1 Å². The number of hydrogen-bond acceptors (Lipinski definition) is 8. The molecule has 2 atom stereocenters. The summed E-state index contributed by atoms with van der Waals surface area (Å²) in [6, 6.07) is 19.3. The van der Waals surface area contributed by atoms with Crippen LogP contribution >= 0.6 is 0 Å². The molecule has 4 rings (SSSR count). The van der Waals surface area contributed by atoms with E-state index in [1.165, 1.54) is 6.33 Å². The number of nitrogens with two attached hydrogens (primary N) is 1. The van der Waals surface area contributed by atoms with Gasteiger partial charge in [0.15, 0.2) is 0 Å². The van der Waals surface area contributed by atoms with E-state index in [2.05, 4.69) is 20.6 Å². The molecule has 0 bridgehead atoms. The average Bonchev–Trinajstić information content (AvgIpc) is 2.90. The summed E-state index contributed by atoms with van der Waals surface area (Å²) >= 11 is 0. The van der Waals surface area contributed by atoms with E-state index in [1.54, 1.807) is 6.08 Å². The van der Waals surface area contributed by atoms with Gasteiger partial charge in [-0.1, -0.05) is 30.3 Å². The molecule has 3 aromatic rings. The highest BCUT2D eigenvalue weighted by Crippen LogP contribution is 2.34. The van der Waals surface area contributed by atoms with Crippen molar-refractivity contribution < 1.29 is 9.53 Å². The molecule has 2 aromatic carbocycles. The molecule has 1 fully saturated rings. The second-order valence-corrected chi connectivity index (χ2v) is 9.59. The van der Waals surface area contributed by atoms with Crippen LogP contribution in [0, 0.1) is 11.3 Å². The van der Waals surface area contributed by atoms with Crippen molar-refractivity contribution in [2.45, 2.75) is 37.8 Å². The van der Waals surface area contributed by atoms with Crippen molar-refractivity contribution in [1.29, 1.82) is 5.26 Å². The van der Waals surface area contributed by atoms with Crippen molar-refractivity contribution in [3.8, 4) is 28.7 Å². The number of carbonyl (C=O) groups excluding carboxylic acids is 1. The summed E-state index contributed by atoms with van der Waals surface area (Å²) in [5.74, 6) is 2.18. The first-order chi connectivity index (χ1) is 18.4. The van der Waals surface area contributed by atoms with Crippen molar-refractivity contribution in [2.24, 2.45) is 0 Å². The largest absolute Gasteiger partial charge is 0.457 e. The van der Waals surface area contributed by atoms with Crippen LogP contribution in [0.15, 0.2) is 72.6 Å². The number of nitrogen functional groups attached to an aromatic ring is 1. The Kier molecular flexibility index (Phi) is 8.90. The zero-order chi connectivity index (χ0) is 26.9. The zero-order valence-electron chi connectivity index (χ0n) is 21.7. The van der Waals surface area contributed by atoms with E-state index in [4.69, 9.17) is 10.5 Å². The molecule has 1 aromatic heterocycles. The number of para-hydroxylation sites is 1. The third-order valence-electron chi connectivity index (χ3n) is 6.37. The Morgan fingerprint density at radius 3 is 2.53 bits per heavy atom. The molecule has 0 radical (unpaired) electrons. The standard InChI is InChI=1S/C29H33N7O2/c1-36(2)16-15-21(18-30)29(37)35-23-8-6-7-22(17-23)34-28-26(27(31)32-19-33-28)20-11-13-25(14-12-20)38-24-9-4-3-5-10-24/h3-5,9-15,19,22-23H,6-8,16-17H2,1-2H3,(H,35,37)(H3,31,32,33,34). The van der Waals surface area contributed by atoms with Crippen molar-refractivity contribution in [1.82, 2.24) is 20.2 Å². The van der Waals surface area contributed by atoms with Crippen LogP contribution in [0.3, 0.4) is 0 Å². The van der Waals surface area contributed by atoms with Crippen LogP contribution in [0.2, 0.25) is 0 Å². The van der Waals surface area contributed by atoms with Gasteiger partial charge in [-0.25, -0.2) is 9.97 Å². The van der Waals surface area contributed by atoms with E-state index >= 15 is 0 Å². The van der Waals surface area contributed by atoms with Gasteiger partial charge in [-0.05, 0) is 75.7 Å². The van der Waals surface area contributed by atoms with Crippen molar-refractivity contribution in [2.75, 3.05) is 31.7 Å². The molecular formula is C29H33N7O2. The van der Waals surface area contributed by atoms with Gasteiger partial charge >= 0.3 is 0 Å². The lowest BCUT2D eigenvalue weighted by atomic mass is 9.90. The molecule has 196 valence electrons. The Morgan fingerprint density at radius 1 is 1.11 bits per heavy atom. The maximum atomic E-state index is 12.7. The van der Waals surface area contributed by atoms with Gasteiger partial charge in [0.05, 0.1) is 5.56 Å². The number of aromatic nitrogens is 2. The maximum absolute atomic E-state index is 12.7. The van der Waals surface area contributed by atoms with Crippen LogP contribution in [0.5, 0.6) is 11.5 Å².